The molecule has 344 valence electrons. The van der Waals surface area contributed by atoms with Gasteiger partial charge in [0.15, 0.2) is 6.04 Å². The van der Waals surface area contributed by atoms with Gasteiger partial charge in [0.1, 0.15) is 35.1 Å². The Labute approximate surface area is 362 Å². The fraction of sp³-hybridized carbons (Fsp3) is 0.350. The standard InChI is InChI=1S/C40H45N4O19P/c45-21-6-9-24-30(17-21)63-31-18-22(46)7-10-25(31)35(24)23-8-5-20(16-26(23)37(52)53)36(51)41-15-3-1-2-4-32(47)42-27(38(54)55)11-13-33(48)43-29(40(58)59)19-62-64(60,61)44-28(39(56)57)12-14-34(49)50/h5-10,16-18,27-29,35,45-46H,1-4,11-15,19H2,(H,41,51)(H,42,47)(H,43,48)(H,49,50)(H,52,53)(H,54,55)(H,56,57)(H,58,59)(H2,44,60,61)/t27-,28-,29-/m0/s1. The Hall–Kier alpha value is -7.07. The first-order valence-corrected chi connectivity index (χ1v) is 21.0. The van der Waals surface area contributed by atoms with E-state index in [2.05, 4.69) is 15.2 Å². The number of aliphatic carboxylic acids is 4. The second kappa shape index (κ2) is 22.3. The molecule has 0 saturated carbocycles. The Bertz CT molecular complexity index is 2290. The summed E-state index contributed by atoms with van der Waals surface area (Å²) < 4.78 is 22.8. The third-order valence-electron chi connectivity index (χ3n) is 9.67. The van der Waals surface area contributed by atoms with Crippen LogP contribution in [0.1, 0.15) is 94.7 Å². The molecular weight excluding hydrogens is 871 g/mol. The molecule has 0 saturated heterocycles. The number of fused-ring (bicyclic) bond motifs is 2. The van der Waals surface area contributed by atoms with Crippen LogP contribution < -0.4 is 25.8 Å². The lowest BCUT2D eigenvalue weighted by atomic mass is 9.80. The molecule has 12 N–H and O–H groups in total. The van der Waals surface area contributed by atoms with Gasteiger partial charge in [-0.3, -0.25) is 28.5 Å². The molecule has 23 nitrogen and oxygen atoms in total. The number of nitrogens with one attached hydrogen (secondary N) is 4. The molecule has 0 aliphatic carbocycles. The van der Waals surface area contributed by atoms with Gasteiger partial charge in [-0.25, -0.2) is 24.0 Å². The van der Waals surface area contributed by atoms with Gasteiger partial charge in [0, 0.05) is 60.5 Å². The molecule has 3 aromatic carbocycles. The van der Waals surface area contributed by atoms with Gasteiger partial charge in [0.05, 0.1) is 12.2 Å². The maximum Gasteiger partial charge on any atom is 0.403 e. The van der Waals surface area contributed by atoms with E-state index in [9.17, 15) is 73.3 Å². The summed E-state index contributed by atoms with van der Waals surface area (Å²) in [5.41, 5.74) is 1.30. The lowest BCUT2D eigenvalue weighted by Crippen LogP contribution is -2.46. The number of amides is 3. The van der Waals surface area contributed by atoms with E-state index in [1.165, 1.54) is 42.5 Å². The predicted molar refractivity (Wildman–Crippen MR) is 217 cm³/mol. The number of hydrogen-bond acceptors (Lipinski definition) is 13. The number of aromatic hydroxyl groups is 2. The van der Waals surface area contributed by atoms with Crippen LogP contribution in [0.25, 0.3) is 0 Å². The summed E-state index contributed by atoms with van der Waals surface area (Å²) in [6.07, 6.45) is -1.54. The van der Waals surface area contributed by atoms with Gasteiger partial charge in [-0.05, 0) is 55.5 Å². The van der Waals surface area contributed by atoms with Gasteiger partial charge in [0.25, 0.3) is 5.91 Å². The van der Waals surface area contributed by atoms with Crippen molar-refractivity contribution < 1.29 is 92.8 Å². The van der Waals surface area contributed by atoms with E-state index in [1.807, 2.05) is 5.32 Å². The van der Waals surface area contributed by atoms with E-state index in [-0.39, 0.29) is 53.5 Å². The largest absolute Gasteiger partial charge is 0.508 e. The molecule has 3 aromatic rings. The van der Waals surface area contributed by atoms with Crippen molar-refractivity contribution in [3.05, 3.63) is 82.4 Å². The highest BCUT2D eigenvalue weighted by atomic mass is 31.2. The molecule has 64 heavy (non-hydrogen) atoms. The smallest absolute Gasteiger partial charge is 0.403 e. The predicted octanol–water partition coefficient (Wildman–Crippen LogP) is 2.32. The van der Waals surface area contributed by atoms with Crippen LogP contribution >= 0.6 is 7.75 Å². The number of unbranched alkanes of at least 4 members (excludes halogenated alkanes) is 2. The van der Waals surface area contributed by atoms with Crippen molar-refractivity contribution in [1.82, 2.24) is 21.0 Å². The lowest BCUT2D eigenvalue weighted by Gasteiger charge is -2.29. The minimum atomic E-state index is -5.03. The molecule has 3 amide bonds. The second-order valence-electron chi connectivity index (χ2n) is 14.4. The Kier molecular flexibility index (Phi) is 17.3. The molecule has 0 spiro atoms. The highest BCUT2D eigenvalue weighted by Crippen LogP contribution is 2.49. The summed E-state index contributed by atoms with van der Waals surface area (Å²) in [6.45, 7) is -1.02. The number of ether oxygens (including phenoxy) is 1. The van der Waals surface area contributed by atoms with Crippen LogP contribution in [0.15, 0.2) is 54.6 Å². The first-order chi connectivity index (χ1) is 30.1. The highest BCUT2D eigenvalue weighted by molar-refractivity contribution is 7.50. The minimum absolute atomic E-state index is 0.0512. The van der Waals surface area contributed by atoms with Crippen LogP contribution in [0.3, 0.4) is 0 Å². The molecule has 4 atom stereocenters. The number of aromatic carboxylic acids is 1. The molecule has 1 aliphatic heterocycles. The van der Waals surface area contributed by atoms with Crippen LogP contribution in [0.5, 0.6) is 23.0 Å². The number of hydrogen-bond donors (Lipinski definition) is 12. The topological polar surface area (TPSA) is 382 Å². The highest BCUT2D eigenvalue weighted by Gasteiger charge is 2.34. The maximum atomic E-state index is 13.1. The van der Waals surface area contributed by atoms with Crippen molar-refractivity contribution in [2.45, 2.75) is 75.4 Å². The zero-order chi connectivity index (χ0) is 47.3. The fourth-order valence-electron chi connectivity index (χ4n) is 6.51. The van der Waals surface area contributed by atoms with Gasteiger partial charge in [-0.2, -0.15) is 0 Å². The van der Waals surface area contributed by atoms with E-state index in [4.69, 9.17) is 14.9 Å². The number of carboxylic acids is 5. The monoisotopic (exact) mass is 916 g/mol. The molecule has 1 heterocycles. The van der Waals surface area contributed by atoms with Crippen molar-refractivity contribution in [2.75, 3.05) is 13.2 Å². The van der Waals surface area contributed by atoms with Crippen LogP contribution in [0, 0.1) is 0 Å². The van der Waals surface area contributed by atoms with Crippen LogP contribution in [-0.2, 0) is 37.9 Å². The van der Waals surface area contributed by atoms with Crippen molar-refractivity contribution in [1.29, 1.82) is 0 Å². The number of carbonyl (C=O) groups is 8. The molecule has 1 unspecified atom stereocenters. The summed E-state index contributed by atoms with van der Waals surface area (Å²) in [7, 11) is -5.03. The van der Waals surface area contributed by atoms with Crippen LogP contribution in [-0.4, -0.2) is 119 Å². The molecular formula is C40H45N4O19P. The van der Waals surface area contributed by atoms with Crippen LogP contribution in [0.2, 0.25) is 0 Å². The summed E-state index contributed by atoms with van der Waals surface area (Å²) in [6, 6.07) is 7.60. The zero-order valence-electron chi connectivity index (χ0n) is 33.6. The number of phenols is 2. The van der Waals surface area contributed by atoms with Crippen molar-refractivity contribution in [2.24, 2.45) is 0 Å². The number of benzene rings is 3. The van der Waals surface area contributed by atoms with E-state index in [0.717, 1.165) is 0 Å². The average molecular weight is 917 g/mol. The van der Waals surface area contributed by atoms with Crippen molar-refractivity contribution in [3.63, 3.8) is 0 Å². The number of carboxylic acid groups (broad SMARTS) is 5. The lowest BCUT2D eigenvalue weighted by molar-refractivity contribution is -0.144. The normalized spacial score (nSPS) is 14.2. The van der Waals surface area contributed by atoms with E-state index in [1.54, 1.807) is 17.2 Å². The van der Waals surface area contributed by atoms with Crippen molar-refractivity contribution >= 4 is 55.3 Å². The second-order valence-corrected chi connectivity index (χ2v) is 15.9. The SMILES string of the molecule is O=C(O)CC[C@H](NP(=O)(O)OC[C@H](NC(=O)CC[C@H](NC(=O)CCCCCNC(=O)c1ccc(C2c3ccc(O)cc3Oc3cc(O)ccc32)c(C(=O)O)c1)C(=O)O)C(=O)O)C(=O)O. The zero-order valence-corrected chi connectivity index (χ0v) is 34.5. The maximum absolute atomic E-state index is 13.1. The summed E-state index contributed by atoms with van der Waals surface area (Å²) in [5, 5.41) is 75.8. The number of carbonyl (C=O) groups excluding carboxylic acids is 3. The number of rotatable bonds is 25. The van der Waals surface area contributed by atoms with Gasteiger partial charge in [-0.15, -0.1) is 0 Å². The van der Waals surface area contributed by atoms with Gasteiger partial charge in [-0.1, -0.05) is 24.6 Å². The molecule has 0 radical (unpaired) electrons. The summed E-state index contributed by atoms with van der Waals surface area (Å²) in [5.74, 6) is -10.3. The molecule has 4 rings (SSSR count). The van der Waals surface area contributed by atoms with E-state index in [0.29, 0.717) is 29.5 Å². The van der Waals surface area contributed by atoms with Crippen molar-refractivity contribution in [3.8, 4) is 23.0 Å². The summed E-state index contributed by atoms with van der Waals surface area (Å²) >= 11 is 0. The average Bonchev–Trinajstić information content (AvgIpc) is 3.21. The molecule has 24 heteroatoms. The minimum Gasteiger partial charge on any atom is -0.508 e. The Morgan fingerprint density at radius 1 is 0.656 bits per heavy atom. The van der Waals surface area contributed by atoms with E-state index < -0.39 is 112 Å². The molecule has 1 aliphatic rings. The number of phenolic OH excluding ortho intramolecular Hbond substituents is 2. The fourth-order valence-corrected chi connectivity index (χ4v) is 7.57. The van der Waals surface area contributed by atoms with Gasteiger partial charge >= 0.3 is 37.6 Å². The van der Waals surface area contributed by atoms with Crippen LogP contribution in [0.4, 0.5) is 0 Å². The first-order valence-electron chi connectivity index (χ1n) is 19.4. The third-order valence-corrected chi connectivity index (χ3v) is 10.8. The van der Waals surface area contributed by atoms with Gasteiger partial charge in [0.2, 0.25) is 11.8 Å². The molecule has 0 fully saturated rings. The Balaban J connectivity index is 1.23. The Morgan fingerprint density at radius 3 is 1.77 bits per heavy atom. The molecule has 0 bridgehead atoms. The summed E-state index contributed by atoms with van der Waals surface area (Å²) in [4.78, 5) is 106. The van der Waals surface area contributed by atoms with Gasteiger partial charge < -0.3 is 61.3 Å². The Morgan fingerprint density at radius 2 is 1.20 bits per heavy atom. The first kappa shape index (κ1) is 49.6. The third kappa shape index (κ3) is 14.2. The molecule has 0 aromatic heterocycles. The van der Waals surface area contributed by atoms with E-state index >= 15 is 0 Å². The quantitative estimate of drug-likeness (QED) is 0.0335.